The van der Waals surface area contributed by atoms with Gasteiger partial charge in [0.05, 0.1) is 18.0 Å². The minimum Gasteiger partial charge on any atom is -0.467 e. The minimum atomic E-state index is -0.167. The molecule has 2 atom stereocenters. The van der Waals surface area contributed by atoms with Crippen LogP contribution in [0.2, 0.25) is 0 Å². The lowest BCUT2D eigenvalue weighted by Crippen LogP contribution is -2.32. The van der Waals surface area contributed by atoms with Crippen LogP contribution < -0.4 is 10.6 Å². The molecule has 2 aromatic heterocycles. The largest absolute Gasteiger partial charge is 0.467 e. The fraction of sp³-hybridized carbons (Fsp3) is 0.227. The Hall–Kier alpha value is -3.19. The van der Waals surface area contributed by atoms with E-state index in [2.05, 4.69) is 15.6 Å². The SMILES string of the molecule is Cc1cccc(NC(=O)CCN2C(=S)N[C@@H](c3ccccn3)[C@H]2c2ccco2)c1. The third kappa shape index (κ3) is 4.30. The molecular formula is C22H22N4O2S. The molecule has 29 heavy (non-hydrogen) atoms. The molecule has 4 rings (SSSR count). The molecule has 1 aliphatic rings. The number of hydrogen-bond donors (Lipinski definition) is 2. The maximum atomic E-state index is 12.5. The maximum Gasteiger partial charge on any atom is 0.226 e. The van der Waals surface area contributed by atoms with E-state index in [9.17, 15) is 4.79 Å². The molecule has 0 radical (unpaired) electrons. The second kappa shape index (κ2) is 8.45. The molecule has 6 nitrogen and oxygen atoms in total. The Balaban J connectivity index is 1.49. The normalized spacial score (nSPS) is 18.5. The van der Waals surface area contributed by atoms with Crippen LogP contribution in [-0.2, 0) is 4.79 Å². The number of nitrogens with zero attached hydrogens (tertiary/aromatic N) is 2. The van der Waals surface area contributed by atoms with Crippen molar-refractivity contribution in [1.82, 2.24) is 15.2 Å². The number of benzene rings is 1. The number of amides is 1. The van der Waals surface area contributed by atoms with Crippen molar-refractivity contribution in [3.8, 4) is 0 Å². The quantitative estimate of drug-likeness (QED) is 0.604. The number of anilines is 1. The van der Waals surface area contributed by atoms with Crippen LogP contribution in [0.5, 0.6) is 0 Å². The molecule has 0 unspecified atom stereocenters. The molecule has 7 heteroatoms. The predicted octanol–water partition coefficient (Wildman–Crippen LogP) is 3.98. The standard InChI is InChI=1S/C22H22N4O2S/c1-15-6-4-7-16(14-15)24-19(27)10-12-26-21(18-9-5-13-28-18)20(25-22(26)29)17-8-2-3-11-23-17/h2-9,11,13-14,20-21H,10,12H2,1H3,(H,24,27)(H,25,29)/t20-,21+/m0/s1. The number of furan rings is 1. The molecule has 1 aromatic carbocycles. The summed E-state index contributed by atoms with van der Waals surface area (Å²) in [5, 5.41) is 6.88. The second-order valence-corrected chi connectivity index (χ2v) is 7.39. The van der Waals surface area contributed by atoms with Gasteiger partial charge in [-0.05, 0) is 61.1 Å². The van der Waals surface area contributed by atoms with E-state index in [1.165, 1.54) is 0 Å². The molecule has 3 aromatic rings. The number of hydrogen-bond acceptors (Lipinski definition) is 4. The summed E-state index contributed by atoms with van der Waals surface area (Å²) < 4.78 is 5.69. The number of aryl methyl sites for hydroxylation is 1. The Bertz CT molecular complexity index is 991. The van der Waals surface area contributed by atoms with Gasteiger partial charge in [0.2, 0.25) is 5.91 Å². The summed E-state index contributed by atoms with van der Waals surface area (Å²) in [7, 11) is 0. The highest BCUT2D eigenvalue weighted by molar-refractivity contribution is 7.80. The Kier molecular flexibility index (Phi) is 5.57. The molecule has 1 aliphatic heterocycles. The Morgan fingerprint density at radius 2 is 2.14 bits per heavy atom. The van der Waals surface area contributed by atoms with E-state index in [0.29, 0.717) is 18.1 Å². The van der Waals surface area contributed by atoms with E-state index >= 15 is 0 Å². The van der Waals surface area contributed by atoms with Gasteiger partial charge >= 0.3 is 0 Å². The Morgan fingerprint density at radius 3 is 2.86 bits per heavy atom. The molecule has 0 aliphatic carbocycles. The van der Waals surface area contributed by atoms with Crippen LogP contribution in [0.1, 0.15) is 35.5 Å². The zero-order chi connectivity index (χ0) is 20.2. The van der Waals surface area contributed by atoms with Gasteiger partial charge in [-0.1, -0.05) is 18.2 Å². The highest BCUT2D eigenvalue weighted by atomic mass is 32.1. The average Bonchev–Trinajstić information content (AvgIpc) is 3.35. The summed E-state index contributed by atoms with van der Waals surface area (Å²) in [5.41, 5.74) is 2.78. The maximum absolute atomic E-state index is 12.5. The van der Waals surface area contributed by atoms with Crippen LogP contribution >= 0.6 is 12.2 Å². The molecule has 2 N–H and O–H groups in total. The van der Waals surface area contributed by atoms with Gasteiger partial charge in [0, 0.05) is 24.8 Å². The number of thiocarbonyl (C=S) groups is 1. The van der Waals surface area contributed by atoms with Gasteiger partial charge in [0.25, 0.3) is 0 Å². The zero-order valence-corrected chi connectivity index (χ0v) is 16.9. The molecular weight excluding hydrogens is 384 g/mol. The summed E-state index contributed by atoms with van der Waals surface area (Å²) in [5.74, 6) is 0.727. The monoisotopic (exact) mass is 406 g/mol. The molecule has 3 heterocycles. The summed E-state index contributed by atoms with van der Waals surface area (Å²) >= 11 is 5.58. The summed E-state index contributed by atoms with van der Waals surface area (Å²) in [6, 6.07) is 17.0. The van der Waals surface area contributed by atoms with Gasteiger partial charge in [-0.25, -0.2) is 0 Å². The van der Waals surface area contributed by atoms with Crippen LogP contribution in [0, 0.1) is 6.92 Å². The molecule has 0 bridgehead atoms. The smallest absolute Gasteiger partial charge is 0.226 e. The highest BCUT2D eigenvalue weighted by Gasteiger charge is 2.41. The topological polar surface area (TPSA) is 70.4 Å². The molecule has 148 valence electrons. The lowest BCUT2D eigenvalue weighted by atomic mass is 10.0. The van der Waals surface area contributed by atoms with Gasteiger partial charge in [-0.3, -0.25) is 9.78 Å². The number of carbonyl (C=O) groups excluding carboxylic acids is 1. The van der Waals surface area contributed by atoms with Crippen molar-refractivity contribution in [2.24, 2.45) is 0 Å². The first kappa shape index (κ1) is 19.1. The average molecular weight is 407 g/mol. The third-order valence-electron chi connectivity index (χ3n) is 4.91. The van der Waals surface area contributed by atoms with E-state index < -0.39 is 0 Å². The lowest BCUT2D eigenvalue weighted by molar-refractivity contribution is -0.116. The first-order chi connectivity index (χ1) is 14.1. The van der Waals surface area contributed by atoms with Crippen molar-refractivity contribution >= 4 is 28.9 Å². The summed E-state index contributed by atoms with van der Waals surface area (Å²) in [6.07, 6.45) is 3.72. The minimum absolute atomic E-state index is 0.0575. The van der Waals surface area contributed by atoms with E-state index in [-0.39, 0.29) is 18.0 Å². The Morgan fingerprint density at radius 1 is 1.24 bits per heavy atom. The van der Waals surface area contributed by atoms with Gasteiger partial charge in [0.1, 0.15) is 11.8 Å². The van der Waals surface area contributed by atoms with Crippen molar-refractivity contribution in [1.29, 1.82) is 0 Å². The highest BCUT2D eigenvalue weighted by Crippen LogP contribution is 2.38. The number of rotatable bonds is 6. The van der Waals surface area contributed by atoms with Gasteiger partial charge < -0.3 is 20.0 Å². The van der Waals surface area contributed by atoms with Crippen molar-refractivity contribution in [3.63, 3.8) is 0 Å². The van der Waals surface area contributed by atoms with Crippen LogP contribution in [0.3, 0.4) is 0 Å². The molecule has 1 amide bonds. The Labute approximate surface area is 174 Å². The first-order valence-corrected chi connectivity index (χ1v) is 9.90. The van der Waals surface area contributed by atoms with E-state index in [4.69, 9.17) is 16.6 Å². The van der Waals surface area contributed by atoms with Crippen molar-refractivity contribution in [2.45, 2.75) is 25.4 Å². The van der Waals surface area contributed by atoms with E-state index in [1.54, 1.807) is 12.5 Å². The second-order valence-electron chi connectivity index (χ2n) is 7.00. The fourth-order valence-electron chi connectivity index (χ4n) is 3.58. The van der Waals surface area contributed by atoms with Gasteiger partial charge in [-0.15, -0.1) is 0 Å². The van der Waals surface area contributed by atoms with Crippen LogP contribution in [0.4, 0.5) is 5.69 Å². The number of nitrogens with one attached hydrogen (secondary N) is 2. The van der Waals surface area contributed by atoms with Crippen molar-refractivity contribution in [2.75, 3.05) is 11.9 Å². The summed E-state index contributed by atoms with van der Waals surface area (Å²) in [6.45, 7) is 2.47. The fourth-order valence-corrected chi connectivity index (χ4v) is 3.91. The molecule has 0 saturated carbocycles. The summed E-state index contributed by atoms with van der Waals surface area (Å²) in [4.78, 5) is 19.0. The molecule has 1 fully saturated rings. The van der Waals surface area contributed by atoms with Crippen LogP contribution in [0.15, 0.2) is 71.5 Å². The van der Waals surface area contributed by atoms with Crippen molar-refractivity contribution in [3.05, 3.63) is 84.1 Å². The van der Waals surface area contributed by atoms with Crippen LogP contribution in [-0.4, -0.2) is 27.4 Å². The zero-order valence-electron chi connectivity index (χ0n) is 16.0. The van der Waals surface area contributed by atoms with Crippen molar-refractivity contribution < 1.29 is 9.21 Å². The molecule has 0 spiro atoms. The lowest BCUT2D eigenvalue weighted by Gasteiger charge is -2.25. The van der Waals surface area contributed by atoms with Gasteiger partial charge in [0.15, 0.2) is 5.11 Å². The van der Waals surface area contributed by atoms with Crippen LogP contribution in [0.25, 0.3) is 0 Å². The van der Waals surface area contributed by atoms with E-state index in [0.717, 1.165) is 22.7 Å². The predicted molar refractivity (Wildman–Crippen MR) is 115 cm³/mol. The number of carbonyl (C=O) groups is 1. The third-order valence-corrected chi connectivity index (χ3v) is 5.27. The number of aromatic nitrogens is 1. The first-order valence-electron chi connectivity index (χ1n) is 9.50. The van der Waals surface area contributed by atoms with Gasteiger partial charge in [-0.2, -0.15) is 0 Å². The van der Waals surface area contributed by atoms with E-state index in [1.807, 2.05) is 66.4 Å². The number of pyridine rings is 1. The molecule has 1 saturated heterocycles.